The number of aliphatic carboxylic acids is 1. The molecule has 36 heavy (non-hydrogen) atoms. The number of nitrogens with two attached hydrogens (primary N) is 1. The van der Waals surface area contributed by atoms with Crippen molar-refractivity contribution in [2.45, 2.75) is 97.4 Å². The van der Waals surface area contributed by atoms with Crippen LogP contribution in [0.2, 0.25) is 0 Å². The Balaban J connectivity index is 3.02. The number of hydrogen-bond donors (Lipinski definition) is 4. The summed E-state index contributed by atoms with van der Waals surface area (Å²) in [6.45, 7) is 9.13. The fourth-order valence-corrected chi connectivity index (χ4v) is 3.56. The molecule has 0 aliphatic carbocycles. The van der Waals surface area contributed by atoms with Gasteiger partial charge >= 0.3 is 11.9 Å². The molecule has 0 unspecified atom stereocenters. The van der Waals surface area contributed by atoms with Crippen LogP contribution in [-0.4, -0.2) is 58.1 Å². The number of carboxylic acid groups (broad SMARTS) is 1. The van der Waals surface area contributed by atoms with E-state index < -0.39 is 48.0 Å². The maximum atomic E-state index is 13.1. The van der Waals surface area contributed by atoms with E-state index in [2.05, 4.69) is 22.5 Å². The number of esters is 1. The molecule has 2 amide bonds. The molecule has 1 aromatic heterocycles. The van der Waals surface area contributed by atoms with Gasteiger partial charge in [0.05, 0.1) is 6.42 Å². The van der Waals surface area contributed by atoms with Crippen LogP contribution in [0.3, 0.4) is 0 Å². The lowest BCUT2D eigenvalue weighted by atomic mass is 9.94. The van der Waals surface area contributed by atoms with Gasteiger partial charge in [0.1, 0.15) is 24.2 Å². The molecule has 10 nitrogen and oxygen atoms in total. The van der Waals surface area contributed by atoms with Crippen LogP contribution in [0.15, 0.2) is 24.5 Å². The highest BCUT2D eigenvalue weighted by Gasteiger charge is 2.31. The lowest BCUT2D eigenvalue weighted by Crippen LogP contribution is -2.52. The van der Waals surface area contributed by atoms with Crippen molar-refractivity contribution in [2.24, 2.45) is 17.6 Å². The van der Waals surface area contributed by atoms with Crippen LogP contribution < -0.4 is 16.4 Å². The Bertz CT molecular complexity index is 850. The predicted octanol–water partition coefficient (Wildman–Crippen LogP) is 2.20. The Morgan fingerprint density at radius 1 is 1.06 bits per heavy atom. The molecule has 0 saturated heterocycles. The smallest absolute Gasteiger partial charge is 0.325 e. The number of hydrogen-bond acceptors (Lipinski definition) is 7. The summed E-state index contributed by atoms with van der Waals surface area (Å²) in [5, 5.41) is 14.3. The van der Waals surface area contributed by atoms with E-state index in [1.54, 1.807) is 24.5 Å². The van der Waals surface area contributed by atoms with Gasteiger partial charge in [-0.15, -0.1) is 0 Å². The summed E-state index contributed by atoms with van der Waals surface area (Å²) >= 11 is 0. The molecule has 1 aromatic rings. The minimum absolute atomic E-state index is 0.0670. The number of aromatic nitrogens is 1. The molecular formula is C26H42N4O6. The van der Waals surface area contributed by atoms with Crippen LogP contribution in [0.4, 0.5) is 0 Å². The number of pyridine rings is 1. The standard InChI is InChI=1S/C26H42N4O6/c1-6-8-9-17(4)21(36-26(35)23(27)16(3)7-2)15-22(31)30-20(14-19-10-12-28-13-11-19)24(32)29-18(5)25(33)34/h10-13,16-18,20-21,23H,6-9,14-15,27H2,1-5H3,(H,29,32)(H,30,31)(H,33,34)/t16-,17-,18-,20-,21-,23+/m0/s1. The van der Waals surface area contributed by atoms with Crippen molar-refractivity contribution in [3.63, 3.8) is 0 Å². The van der Waals surface area contributed by atoms with Gasteiger partial charge in [-0.25, -0.2) is 0 Å². The quantitative estimate of drug-likeness (QED) is 0.248. The minimum Gasteiger partial charge on any atom is -0.480 e. The first-order valence-electron chi connectivity index (χ1n) is 12.7. The van der Waals surface area contributed by atoms with Crippen molar-refractivity contribution in [2.75, 3.05) is 0 Å². The van der Waals surface area contributed by atoms with Crippen LogP contribution >= 0.6 is 0 Å². The van der Waals surface area contributed by atoms with E-state index >= 15 is 0 Å². The van der Waals surface area contributed by atoms with Gasteiger partial charge in [0, 0.05) is 18.8 Å². The van der Waals surface area contributed by atoms with Gasteiger partial charge < -0.3 is 26.2 Å². The van der Waals surface area contributed by atoms with Gasteiger partial charge in [0.2, 0.25) is 11.8 Å². The molecular weight excluding hydrogens is 464 g/mol. The Morgan fingerprint density at radius 2 is 1.69 bits per heavy atom. The summed E-state index contributed by atoms with van der Waals surface area (Å²) in [5.74, 6) is -3.00. The number of rotatable bonds is 16. The highest BCUT2D eigenvalue weighted by Crippen LogP contribution is 2.20. The Morgan fingerprint density at radius 3 is 2.25 bits per heavy atom. The van der Waals surface area contributed by atoms with Crippen molar-refractivity contribution in [3.05, 3.63) is 30.1 Å². The molecule has 1 heterocycles. The maximum absolute atomic E-state index is 13.1. The minimum atomic E-state index is -1.19. The fourth-order valence-electron chi connectivity index (χ4n) is 3.56. The zero-order valence-electron chi connectivity index (χ0n) is 22.0. The summed E-state index contributed by atoms with van der Waals surface area (Å²) in [4.78, 5) is 53.7. The molecule has 0 aliphatic heterocycles. The highest BCUT2D eigenvalue weighted by molar-refractivity contribution is 5.90. The van der Waals surface area contributed by atoms with E-state index in [1.165, 1.54) is 6.92 Å². The fraction of sp³-hybridized carbons (Fsp3) is 0.654. The molecule has 0 saturated carbocycles. The summed E-state index contributed by atoms with van der Waals surface area (Å²) in [5.41, 5.74) is 6.79. The number of ether oxygens (including phenoxy) is 1. The Hall–Kier alpha value is -3.01. The molecule has 0 fully saturated rings. The van der Waals surface area contributed by atoms with Crippen LogP contribution in [0.25, 0.3) is 0 Å². The molecule has 1 rings (SSSR count). The number of unbranched alkanes of at least 4 members (excludes halogenated alkanes) is 1. The molecule has 0 radical (unpaired) electrons. The van der Waals surface area contributed by atoms with Gasteiger partial charge in [0.15, 0.2) is 0 Å². The summed E-state index contributed by atoms with van der Waals surface area (Å²) in [7, 11) is 0. The topological polar surface area (TPSA) is 161 Å². The summed E-state index contributed by atoms with van der Waals surface area (Å²) in [6.07, 6.45) is 5.77. The number of carbonyl (C=O) groups excluding carboxylic acids is 3. The van der Waals surface area contributed by atoms with Gasteiger partial charge in [-0.05, 0) is 42.9 Å². The third kappa shape index (κ3) is 10.7. The molecule has 0 aliphatic rings. The first-order valence-corrected chi connectivity index (χ1v) is 12.7. The SMILES string of the molecule is CCCC[C@H](C)[C@H](CC(=O)N[C@@H](Cc1ccncc1)C(=O)N[C@@H](C)C(=O)O)OC(=O)[C@H](N)[C@@H](C)CC. The van der Waals surface area contributed by atoms with Crippen molar-refractivity contribution >= 4 is 23.8 Å². The van der Waals surface area contributed by atoms with E-state index in [4.69, 9.17) is 15.6 Å². The first kappa shape index (κ1) is 31.0. The van der Waals surface area contributed by atoms with E-state index in [0.29, 0.717) is 6.42 Å². The van der Waals surface area contributed by atoms with Crippen LogP contribution in [-0.2, 0) is 30.3 Å². The molecule has 6 atom stereocenters. The first-order chi connectivity index (χ1) is 17.0. The summed E-state index contributed by atoms with van der Waals surface area (Å²) < 4.78 is 5.71. The Kier molecular flexibility index (Phi) is 13.7. The van der Waals surface area contributed by atoms with Crippen molar-refractivity contribution < 1.29 is 29.0 Å². The predicted molar refractivity (Wildman–Crippen MR) is 136 cm³/mol. The maximum Gasteiger partial charge on any atom is 0.325 e. The van der Waals surface area contributed by atoms with Crippen molar-refractivity contribution in [1.29, 1.82) is 0 Å². The average molecular weight is 507 g/mol. The number of amides is 2. The molecule has 5 N–H and O–H groups in total. The van der Waals surface area contributed by atoms with Crippen LogP contribution in [0.1, 0.15) is 72.3 Å². The van der Waals surface area contributed by atoms with Gasteiger partial charge in [0.25, 0.3) is 0 Å². The normalized spacial score (nSPS) is 16.1. The van der Waals surface area contributed by atoms with E-state index in [-0.39, 0.29) is 24.7 Å². The molecule has 202 valence electrons. The second kappa shape index (κ2) is 15.9. The zero-order valence-corrected chi connectivity index (χ0v) is 22.0. The monoisotopic (exact) mass is 506 g/mol. The van der Waals surface area contributed by atoms with Crippen LogP contribution in [0.5, 0.6) is 0 Å². The summed E-state index contributed by atoms with van der Waals surface area (Å²) in [6, 6.07) is 0.480. The lowest BCUT2D eigenvalue weighted by Gasteiger charge is -2.27. The highest BCUT2D eigenvalue weighted by atomic mass is 16.5. The molecule has 0 aromatic carbocycles. The molecule has 0 spiro atoms. The third-order valence-electron chi connectivity index (χ3n) is 6.40. The average Bonchev–Trinajstić information content (AvgIpc) is 2.85. The van der Waals surface area contributed by atoms with Crippen molar-refractivity contribution in [3.8, 4) is 0 Å². The number of nitrogens with zero attached hydrogens (tertiary/aromatic N) is 1. The van der Waals surface area contributed by atoms with Gasteiger partial charge in [-0.3, -0.25) is 24.2 Å². The van der Waals surface area contributed by atoms with Gasteiger partial charge in [-0.2, -0.15) is 0 Å². The van der Waals surface area contributed by atoms with Crippen LogP contribution in [0, 0.1) is 11.8 Å². The molecule has 10 heteroatoms. The lowest BCUT2D eigenvalue weighted by molar-refractivity contribution is -0.156. The van der Waals surface area contributed by atoms with E-state index in [1.807, 2.05) is 20.8 Å². The Labute approximate surface area is 213 Å². The largest absolute Gasteiger partial charge is 0.480 e. The second-order valence-corrected chi connectivity index (χ2v) is 9.46. The number of carbonyl (C=O) groups is 4. The van der Waals surface area contributed by atoms with E-state index in [0.717, 1.165) is 24.8 Å². The van der Waals surface area contributed by atoms with Gasteiger partial charge in [-0.1, -0.05) is 47.0 Å². The third-order valence-corrected chi connectivity index (χ3v) is 6.40. The number of nitrogens with one attached hydrogen (secondary N) is 2. The van der Waals surface area contributed by atoms with Crippen molar-refractivity contribution in [1.82, 2.24) is 15.6 Å². The second-order valence-electron chi connectivity index (χ2n) is 9.46. The zero-order chi connectivity index (χ0) is 27.3. The molecule has 0 bridgehead atoms. The number of carboxylic acids is 1. The van der Waals surface area contributed by atoms with E-state index in [9.17, 15) is 19.2 Å².